The lowest BCUT2D eigenvalue weighted by molar-refractivity contribution is -0.135. The molecule has 0 radical (unpaired) electrons. The first-order valence-electron chi connectivity index (χ1n) is 4.02. The van der Waals surface area contributed by atoms with E-state index < -0.39 is 5.97 Å². The molecule has 2 N–H and O–H groups in total. The largest absolute Gasteiger partial charge is 0.480 e. The van der Waals surface area contributed by atoms with Crippen LogP contribution < -0.4 is 5.32 Å². The van der Waals surface area contributed by atoms with Crippen molar-refractivity contribution in [3.8, 4) is 0 Å². The Balaban J connectivity index is 2.16. The number of nitrogens with zero attached hydrogens (tertiary/aromatic N) is 1. The fourth-order valence-electron chi connectivity index (χ4n) is 0.908. The highest BCUT2D eigenvalue weighted by Crippen LogP contribution is 2.08. The summed E-state index contributed by atoms with van der Waals surface area (Å²) in [5.74, 6) is -0.824. The number of nitrogens with one attached hydrogen (secondary N) is 1. The molecule has 13 heavy (non-hydrogen) atoms. The van der Waals surface area contributed by atoms with Gasteiger partial charge in [-0.3, -0.25) is 4.79 Å². The second-order valence-electron chi connectivity index (χ2n) is 2.70. The molecule has 0 atom stereocenters. The molecule has 1 aromatic heterocycles. The van der Waals surface area contributed by atoms with E-state index in [0.717, 1.165) is 17.1 Å². The Morgan fingerprint density at radius 3 is 3.08 bits per heavy atom. The van der Waals surface area contributed by atoms with E-state index in [2.05, 4.69) is 10.3 Å². The van der Waals surface area contributed by atoms with Gasteiger partial charge >= 0.3 is 5.97 Å². The van der Waals surface area contributed by atoms with Crippen LogP contribution in [0.5, 0.6) is 0 Å². The normalized spacial score (nSPS) is 10.2. The predicted octanol–water partition coefficient (Wildman–Crippen LogP) is 0.668. The minimum absolute atomic E-state index is 0.0182. The highest BCUT2D eigenvalue weighted by molar-refractivity contribution is 7.09. The maximum Gasteiger partial charge on any atom is 0.317 e. The molecule has 0 aromatic carbocycles. The first-order valence-corrected chi connectivity index (χ1v) is 4.90. The minimum Gasteiger partial charge on any atom is -0.480 e. The van der Waals surface area contributed by atoms with E-state index in [-0.39, 0.29) is 6.54 Å². The molecule has 0 aliphatic carbocycles. The SMILES string of the molecule is Cc1csc(CCNCC(=O)O)n1. The summed E-state index contributed by atoms with van der Waals surface area (Å²) in [6.07, 6.45) is 0.797. The lowest BCUT2D eigenvalue weighted by atomic mass is 10.4. The molecule has 0 spiro atoms. The number of carboxylic acids is 1. The molecular formula is C8H12N2O2S. The Morgan fingerprint density at radius 1 is 1.77 bits per heavy atom. The Bertz CT molecular complexity index is 285. The van der Waals surface area contributed by atoms with Gasteiger partial charge in [0.2, 0.25) is 0 Å². The van der Waals surface area contributed by atoms with Gasteiger partial charge in [-0.2, -0.15) is 0 Å². The van der Waals surface area contributed by atoms with E-state index in [1.807, 2.05) is 12.3 Å². The molecule has 0 aliphatic heterocycles. The number of carbonyl (C=O) groups is 1. The summed E-state index contributed by atoms with van der Waals surface area (Å²) in [7, 11) is 0. The zero-order valence-electron chi connectivity index (χ0n) is 7.41. The van der Waals surface area contributed by atoms with Gasteiger partial charge in [0.05, 0.1) is 11.6 Å². The van der Waals surface area contributed by atoms with E-state index in [4.69, 9.17) is 5.11 Å². The minimum atomic E-state index is -0.824. The first-order chi connectivity index (χ1) is 6.18. The molecule has 0 bridgehead atoms. The highest BCUT2D eigenvalue weighted by Gasteiger charge is 1.99. The molecule has 0 unspecified atom stereocenters. The zero-order chi connectivity index (χ0) is 9.68. The molecule has 1 heterocycles. The van der Waals surface area contributed by atoms with Crippen molar-refractivity contribution in [1.29, 1.82) is 0 Å². The maximum absolute atomic E-state index is 10.1. The van der Waals surface area contributed by atoms with Crippen LogP contribution in [0.25, 0.3) is 0 Å². The smallest absolute Gasteiger partial charge is 0.317 e. The van der Waals surface area contributed by atoms with E-state index in [1.54, 1.807) is 11.3 Å². The van der Waals surface area contributed by atoms with Gasteiger partial charge in [0, 0.05) is 24.0 Å². The van der Waals surface area contributed by atoms with Crippen LogP contribution in [0.2, 0.25) is 0 Å². The summed E-state index contributed by atoms with van der Waals surface area (Å²) in [6.45, 7) is 2.63. The second kappa shape index (κ2) is 4.94. The zero-order valence-corrected chi connectivity index (χ0v) is 8.23. The number of rotatable bonds is 5. The Labute approximate surface area is 80.6 Å². The van der Waals surface area contributed by atoms with Gasteiger partial charge in [-0.1, -0.05) is 0 Å². The fourth-order valence-corrected chi connectivity index (χ4v) is 1.68. The van der Waals surface area contributed by atoms with Crippen molar-refractivity contribution in [3.63, 3.8) is 0 Å². The van der Waals surface area contributed by atoms with Crippen LogP contribution >= 0.6 is 11.3 Å². The van der Waals surface area contributed by atoms with Crippen molar-refractivity contribution in [2.24, 2.45) is 0 Å². The van der Waals surface area contributed by atoms with Gasteiger partial charge in [0.1, 0.15) is 0 Å². The van der Waals surface area contributed by atoms with Crippen molar-refractivity contribution >= 4 is 17.3 Å². The van der Waals surface area contributed by atoms with E-state index >= 15 is 0 Å². The third-order valence-corrected chi connectivity index (χ3v) is 2.48. The number of hydrogen-bond donors (Lipinski definition) is 2. The molecule has 0 saturated carbocycles. The average molecular weight is 200 g/mol. The summed E-state index contributed by atoms with van der Waals surface area (Å²) in [6, 6.07) is 0. The summed E-state index contributed by atoms with van der Waals surface area (Å²) in [5.41, 5.74) is 1.03. The number of aryl methyl sites for hydroxylation is 1. The average Bonchev–Trinajstić information content (AvgIpc) is 2.45. The van der Waals surface area contributed by atoms with Crippen LogP contribution in [0.3, 0.4) is 0 Å². The molecule has 72 valence electrons. The van der Waals surface area contributed by atoms with Crippen molar-refractivity contribution in [2.45, 2.75) is 13.3 Å². The molecule has 0 aliphatic rings. The van der Waals surface area contributed by atoms with E-state index in [9.17, 15) is 4.79 Å². The molecule has 1 aromatic rings. The Kier molecular flexibility index (Phi) is 3.85. The molecular weight excluding hydrogens is 188 g/mol. The quantitative estimate of drug-likeness (QED) is 0.686. The van der Waals surface area contributed by atoms with Crippen molar-refractivity contribution < 1.29 is 9.90 Å². The summed E-state index contributed by atoms with van der Waals surface area (Å²) < 4.78 is 0. The maximum atomic E-state index is 10.1. The molecule has 1 rings (SSSR count). The Morgan fingerprint density at radius 2 is 2.54 bits per heavy atom. The van der Waals surface area contributed by atoms with Crippen LogP contribution in [0, 0.1) is 6.92 Å². The lowest BCUT2D eigenvalue weighted by Crippen LogP contribution is -2.24. The number of thiazole rings is 1. The monoisotopic (exact) mass is 200 g/mol. The summed E-state index contributed by atoms with van der Waals surface area (Å²) >= 11 is 1.61. The predicted molar refractivity (Wildman–Crippen MR) is 51.1 cm³/mol. The third kappa shape index (κ3) is 4.00. The van der Waals surface area contributed by atoms with Gasteiger partial charge in [0.25, 0.3) is 0 Å². The summed E-state index contributed by atoms with van der Waals surface area (Å²) in [4.78, 5) is 14.4. The van der Waals surface area contributed by atoms with Gasteiger partial charge in [-0.15, -0.1) is 11.3 Å². The number of hydrogen-bond acceptors (Lipinski definition) is 4. The second-order valence-corrected chi connectivity index (χ2v) is 3.65. The van der Waals surface area contributed by atoms with E-state index in [1.165, 1.54) is 0 Å². The van der Waals surface area contributed by atoms with Gasteiger partial charge < -0.3 is 10.4 Å². The molecule has 0 fully saturated rings. The topological polar surface area (TPSA) is 62.2 Å². The van der Waals surface area contributed by atoms with Crippen LogP contribution in [-0.2, 0) is 11.2 Å². The van der Waals surface area contributed by atoms with Gasteiger partial charge in [-0.05, 0) is 6.92 Å². The fraction of sp³-hybridized carbons (Fsp3) is 0.500. The van der Waals surface area contributed by atoms with E-state index in [0.29, 0.717) is 6.54 Å². The van der Waals surface area contributed by atoms with Crippen LogP contribution in [0.15, 0.2) is 5.38 Å². The molecule has 5 heteroatoms. The third-order valence-electron chi connectivity index (χ3n) is 1.46. The summed E-state index contributed by atoms with van der Waals surface area (Å²) in [5, 5.41) is 14.2. The highest BCUT2D eigenvalue weighted by atomic mass is 32.1. The van der Waals surface area contributed by atoms with Gasteiger partial charge in [0.15, 0.2) is 0 Å². The van der Waals surface area contributed by atoms with Crippen molar-refractivity contribution in [1.82, 2.24) is 10.3 Å². The Hall–Kier alpha value is -0.940. The lowest BCUT2D eigenvalue weighted by Gasteiger charge is -1.97. The van der Waals surface area contributed by atoms with Crippen molar-refractivity contribution in [2.75, 3.05) is 13.1 Å². The van der Waals surface area contributed by atoms with Gasteiger partial charge in [-0.25, -0.2) is 4.98 Å². The van der Waals surface area contributed by atoms with Crippen LogP contribution in [0.1, 0.15) is 10.7 Å². The number of aliphatic carboxylic acids is 1. The number of aromatic nitrogens is 1. The molecule has 0 amide bonds. The standard InChI is InChI=1S/C8H12N2O2S/c1-6-5-13-7(10-6)2-3-9-4-8(11)12/h5,9H,2-4H2,1H3,(H,11,12). The van der Waals surface area contributed by atoms with Crippen molar-refractivity contribution in [3.05, 3.63) is 16.1 Å². The van der Waals surface area contributed by atoms with Crippen LogP contribution in [0.4, 0.5) is 0 Å². The first kappa shape index (κ1) is 10.1. The molecule has 4 nitrogen and oxygen atoms in total. The molecule has 0 saturated heterocycles. The van der Waals surface area contributed by atoms with Crippen LogP contribution in [-0.4, -0.2) is 29.1 Å². The number of carboxylic acid groups (broad SMARTS) is 1.